The smallest absolute Gasteiger partial charge is 0.159 e. The van der Waals surface area contributed by atoms with Crippen molar-refractivity contribution in [3.63, 3.8) is 0 Å². The van der Waals surface area contributed by atoms with Gasteiger partial charge in [-0.25, -0.2) is 9.97 Å². The van der Waals surface area contributed by atoms with Crippen LogP contribution in [-0.2, 0) is 0 Å². The number of hydrogen-bond donors (Lipinski definition) is 0. The topological polar surface area (TPSA) is 32.3 Å². The molecule has 1 saturated heterocycles. The molecule has 1 aliphatic rings. The molecular weight excluding hydrogens is 260 g/mol. The fourth-order valence-corrected chi connectivity index (χ4v) is 2.77. The standard InChI is InChI=1S/C17H22N4/c1-14(2)20-10-12-21(13-11-20)16-6-4-15(5-7-16)17-18-8-3-9-19-17/h3-9,14H,10-13H2,1-2H3. The minimum Gasteiger partial charge on any atom is -0.369 e. The van der Waals surface area contributed by atoms with Crippen molar-refractivity contribution >= 4 is 5.69 Å². The third-order valence-corrected chi connectivity index (χ3v) is 4.10. The molecule has 4 heteroatoms. The summed E-state index contributed by atoms with van der Waals surface area (Å²) in [5.74, 6) is 0.786. The van der Waals surface area contributed by atoms with Gasteiger partial charge in [-0.3, -0.25) is 4.90 Å². The molecule has 1 aromatic heterocycles. The summed E-state index contributed by atoms with van der Waals surface area (Å²) in [5.41, 5.74) is 2.36. The number of nitrogens with zero attached hydrogens (tertiary/aromatic N) is 4. The van der Waals surface area contributed by atoms with Gasteiger partial charge in [-0.15, -0.1) is 0 Å². The van der Waals surface area contributed by atoms with Crippen LogP contribution in [0, 0.1) is 0 Å². The quantitative estimate of drug-likeness (QED) is 0.866. The Morgan fingerprint density at radius 1 is 0.905 bits per heavy atom. The second-order valence-electron chi connectivity index (χ2n) is 5.74. The van der Waals surface area contributed by atoms with E-state index in [-0.39, 0.29) is 0 Å². The van der Waals surface area contributed by atoms with E-state index >= 15 is 0 Å². The molecule has 2 aromatic rings. The molecule has 0 spiro atoms. The molecule has 1 fully saturated rings. The Labute approximate surface area is 126 Å². The largest absolute Gasteiger partial charge is 0.369 e. The highest BCUT2D eigenvalue weighted by atomic mass is 15.3. The third-order valence-electron chi connectivity index (χ3n) is 4.10. The highest BCUT2D eigenvalue weighted by Gasteiger charge is 2.18. The summed E-state index contributed by atoms with van der Waals surface area (Å²) in [4.78, 5) is 13.6. The van der Waals surface area contributed by atoms with E-state index in [0.717, 1.165) is 37.6 Å². The lowest BCUT2D eigenvalue weighted by atomic mass is 10.1. The Morgan fingerprint density at radius 2 is 1.52 bits per heavy atom. The first-order chi connectivity index (χ1) is 10.2. The van der Waals surface area contributed by atoms with Crippen LogP contribution in [0.25, 0.3) is 11.4 Å². The molecule has 2 heterocycles. The van der Waals surface area contributed by atoms with E-state index in [2.05, 4.69) is 57.9 Å². The molecule has 0 bridgehead atoms. The van der Waals surface area contributed by atoms with E-state index in [1.165, 1.54) is 5.69 Å². The van der Waals surface area contributed by atoms with Crippen LogP contribution in [0.1, 0.15) is 13.8 Å². The predicted octanol–water partition coefficient (Wildman–Crippen LogP) is 2.67. The van der Waals surface area contributed by atoms with Gasteiger partial charge in [0, 0.05) is 55.9 Å². The van der Waals surface area contributed by atoms with Crippen LogP contribution in [0.4, 0.5) is 5.69 Å². The number of rotatable bonds is 3. The van der Waals surface area contributed by atoms with Gasteiger partial charge in [0.15, 0.2) is 5.82 Å². The molecule has 0 saturated carbocycles. The Bertz CT molecular complexity index is 557. The van der Waals surface area contributed by atoms with Gasteiger partial charge in [0.05, 0.1) is 0 Å². The first-order valence-corrected chi connectivity index (χ1v) is 7.60. The monoisotopic (exact) mass is 282 g/mol. The van der Waals surface area contributed by atoms with Crippen molar-refractivity contribution in [1.82, 2.24) is 14.9 Å². The molecule has 0 atom stereocenters. The van der Waals surface area contributed by atoms with Crippen LogP contribution < -0.4 is 4.90 Å². The van der Waals surface area contributed by atoms with Crippen LogP contribution in [0.5, 0.6) is 0 Å². The van der Waals surface area contributed by atoms with Gasteiger partial charge in [0.1, 0.15) is 0 Å². The van der Waals surface area contributed by atoms with Crippen LogP contribution in [0.15, 0.2) is 42.7 Å². The van der Waals surface area contributed by atoms with Crippen LogP contribution in [0.2, 0.25) is 0 Å². The number of piperazine rings is 1. The van der Waals surface area contributed by atoms with E-state index in [9.17, 15) is 0 Å². The summed E-state index contributed by atoms with van der Waals surface area (Å²) >= 11 is 0. The summed E-state index contributed by atoms with van der Waals surface area (Å²) in [6.07, 6.45) is 3.56. The maximum absolute atomic E-state index is 4.29. The van der Waals surface area contributed by atoms with E-state index in [1.807, 2.05) is 6.07 Å². The number of hydrogen-bond acceptors (Lipinski definition) is 4. The minimum atomic E-state index is 0.643. The van der Waals surface area contributed by atoms with Gasteiger partial charge in [-0.2, -0.15) is 0 Å². The van der Waals surface area contributed by atoms with E-state index in [1.54, 1.807) is 12.4 Å². The first-order valence-electron chi connectivity index (χ1n) is 7.60. The first kappa shape index (κ1) is 14.0. The van der Waals surface area contributed by atoms with Gasteiger partial charge in [0.2, 0.25) is 0 Å². The average molecular weight is 282 g/mol. The molecule has 0 amide bonds. The number of aromatic nitrogens is 2. The molecule has 4 nitrogen and oxygen atoms in total. The molecule has 0 radical (unpaired) electrons. The fourth-order valence-electron chi connectivity index (χ4n) is 2.77. The van der Waals surface area contributed by atoms with Crippen molar-refractivity contribution in [2.45, 2.75) is 19.9 Å². The SMILES string of the molecule is CC(C)N1CCN(c2ccc(-c3ncccn3)cc2)CC1. The summed E-state index contributed by atoms with van der Waals surface area (Å²) in [7, 11) is 0. The third kappa shape index (κ3) is 3.22. The Hall–Kier alpha value is -1.94. The molecule has 0 unspecified atom stereocenters. The summed E-state index contributed by atoms with van der Waals surface area (Å²) in [5, 5.41) is 0. The Morgan fingerprint density at radius 3 is 2.10 bits per heavy atom. The molecule has 0 N–H and O–H groups in total. The van der Waals surface area contributed by atoms with Gasteiger partial charge in [-0.1, -0.05) is 0 Å². The predicted molar refractivity (Wildman–Crippen MR) is 86.4 cm³/mol. The van der Waals surface area contributed by atoms with Crippen molar-refractivity contribution in [2.24, 2.45) is 0 Å². The maximum Gasteiger partial charge on any atom is 0.159 e. The summed E-state index contributed by atoms with van der Waals surface area (Å²) in [6, 6.07) is 11.1. The van der Waals surface area contributed by atoms with Crippen molar-refractivity contribution in [3.05, 3.63) is 42.7 Å². The Balaban J connectivity index is 1.68. The second kappa shape index (κ2) is 6.22. The van der Waals surface area contributed by atoms with Crippen LogP contribution in [0.3, 0.4) is 0 Å². The van der Waals surface area contributed by atoms with Crippen molar-refractivity contribution in [3.8, 4) is 11.4 Å². The van der Waals surface area contributed by atoms with Crippen molar-refractivity contribution < 1.29 is 0 Å². The molecule has 0 aliphatic carbocycles. The van der Waals surface area contributed by atoms with Crippen molar-refractivity contribution in [1.29, 1.82) is 0 Å². The zero-order valence-corrected chi connectivity index (χ0v) is 12.7. The summed E-state index contributed by atoms with van der Waals surface area (Å²) < 4.78 is 0. The normalized spacial score (nSPS) is 16.4. The maximum atomic E-state index is 4.29. The van der Waals surface area contributed by atoms with Crippen LogP contribution >= 0.6 is 0 Å². The van der Waals surface area contributed by atoms with Crippen molar-refractivity contribution in [2.75, 3.05) is 31.1 Å². The van der Waals surface area contributed by atoms with E-state index in [4.69, 9.17) is 0 Å². The van der Waals surface area contributed by atoms with Gasteiger partial charge in [-0.05, 0) is 44.2 Å². The van der Waals surface area contributed by atoms with Gasteiger partial charge >= 0.3 is 0 Å². The lowest BCUT2D eigenvalue weighted by Crippen LogP contribution is -2.48. The lowest BCUT2D eigenvalue weighted by molar-refractivity contribution is 0.209. The van der Waals surface area contributed by atoms with E-state index in [0.29, 0.717) is 6.04 Å². The molecule has 21 heavy (non-hydrogen) atoms. The van der Waals surface area contributed by atoms with Gasteiger partial charge < -0.3 is 4.90 Å². The zero-order valence-electron chi connectivity index (χ0n) is 12.7. The minimum absolute atomic E-state index is 0.643. The molecule has 3 rings (SSSR count). The number of benzene rings is 1. The number of anilines is 1. The Kier molecular flexibility index (Phi) is 4.15. The van der Waals surface area contributed by atoms with Crippen LogP contribution in [-0.4, -0.2) is 47.1 Å². The fraction of sp³-hybridized carbons (Fsp3) is 0.412. The second-order valence-corrected chi connectivity index (χ2v) is 5.74. The zero-order chi connectivity index (χ0) is 14.7. The molecular formula is C17H22N4. The highest BCUT2D eigenvalue weighted by molar-refractivity contribution is 5.60. The van der Waals surface area contributed by atoms with E-state index < -0.39 is 0 Å². The highest BCUT2D eigenvalue weighted by Crippen LogP contribution is 2.21. The molecule has 1 aromatic carbocycles. The molecule has 110 valence electrons. The van der Waals surface area contributed by atoms with Gasteiger partial charge in [0.25, 0.3) is 0 Å². The summed E-state index contributed by atoms with van der Waals surface area (Å²) in [6.45, 7) is 9.01. The average Bonchev–Trinajstić information content (AvgIpc) is 2.56. The lowest BCUT2D eigenvalue weighted by Gasteiger charge is -2.38. The molecule has 1 aliphatic heterocycles.